The third kappa shape index (κ3) is 4.65. The molecule has 0 saturated carbocycles. The van der Waals surface area contributed by atoms with E-state index in [1.165, 1.54) is 7.11 Å². The summed E-state index contributed by atoms with van der Waals surface area (Å²) in [5, 5.41) is 17.6. The van der Waals surface area contributed by atoms with E-state index in [0.29, 0.717) is 29.6 Å². The van der Waals surface area contributed by atoms with Crippen LogP contribution in [0.5, 0.6) is 0 Å². The molecule has 0 aliphatic rings. The number of methoxy groups -OCH3 is 1. The van der Waals surface area contributed by atoms with Crippen LogP contribution in [0, 0.1) is 0 Å². The fourth-order valence-corrected chi connectivity index (χ4v) is 2.81. The van der Waals surface area contributed by atoms with Crippen LogP contribution in [0.3, 0.4) is 0 Å². The molecular weight excluding hydrogens is 356 g/mol. The molecule has 0 aliphatic carbocycles. The normalized spacial score (nSPS) is 12.2. The second-order valence-electron chi connectivity index (χ2n) is 6.85. The largest absolute Gasteiger partial charge is 0.465 e. The van der Waals surface area contributed by atoms with E-state index in [0.717, 1.165) is 16.7 Å². The average molecular weight is 380 g/mol. The maximum Gasteiger partial charge on any atom is 0.337 e. The van der Waals surface area contributed by atoms with E-state index >= 15 is 0 Å². The number of hydrogen-bond donors (Lipinski definition) is 2. The van der Waals surface area contributed by atoms with Crippen molar-refractivity contribution < 1.29 is 19.2 Å². The lowest BCUT2D eigenvalue weighted by Crippen LogP contribution is -2.27. The second kappa shape index (κ2) is 8.82. The minimum absolute atomic E-state index is 0.319. The molecule has 0 radical (unpaired) electrons. The summed E-state index contributed by atoms with van der Waals surface area (Å²) in [6.07, 6.45) is -0.567. The number of nitrogens with zero attached hydrogens (tertiary/aromatic N) is 1. The zero-order valence-electron chi connectivity index (χ0n) is 16.2. The smallest absolute Gasteiger partial charge is 0.337 e. The van der Waals surface area contributed by atoms with Crippen LogP contribution in [-0.2, 0) is 4.74 Å². The van der Waals surface area contributed by atoms with Crippen molar-refractivity contribution in [2.45, 2.75) is 26.0 Å². The summed E-state index contributed by atoms with van der Waals surface area (Å²) in [7, 11) is 1.35. The predicted octanol–water partition coefficient (Wildman–Crippen LogP) is 3.83. The molecule has 2 N–H and O–H groups in total. The molecule has 3 aromatic rings. The molecule has 6 nitrogen and oxygen atoms in total. The Labute approximate surface area is 164 Å². The number of carbonyl (C=O) groups excluding carboxylic acids is 1. The molecule has 2 aromatic carbocycles. The van der Waals surface area contributed by atoms with E-state index in [1.807, 2.05) is 50.2 Å². The van der Waals surface area contributed by atoms with Crippen LogP contribution >= 0.6 is 0 Å². The second-order valence-corrected chi connectivity index (χ2v) is 6.85. The number of ether oxygens (including phenoxy) is 1. The van der Waals surface area contributed by atoms with Gasteiger partial charge in [-0.25, -0.2) is 4.79 Å². The predicted molar refractivity (Wildman–Crippen MR) is 107 cm³/mol. The lowest BCUT2D eigenvalue weighted by molar-refractivity contribution is 0.0600. The highest BCUT2D eigenvalue weighted by Gasteiger charge is 2.13. The van der Waals surface area contributed by atoms with E-state index in [-0.39, 0.29) is 0 Å². The van der Waals surface area contributed by atoms with Gasteiger partial charge < -0.3 is 19.7 Å². The van der Waals surface area contributed by atoms with E-state index in [2.05, 4.69) is 10.5 Å². The van der Waals surface area contributed by atoms with E-state index in [4.69, 9.17) is 9.26 Å². The molecule has 146 valence electrons. The van der Waals surface area contributed by atoms with Crippen LogP contribution in [0.4, 0.5) is 0 Å². The Morgan fingerprint density at radius 3 is 2.57 bits per heavy atom. The molecule has 1 heterocycles. The Morgan fingerprint density at radius 1 is 1.14 bits per heavy atom. The van der Waals surface area contributed by atoms with Gasteiger partial charge in [-0.3, -0.25) is 0 Å². The van der Waals surface area contributed by atoms with Crippen molar-refractivity contribution in [2.24, 2.45) is 0 Å². The molecule has 1 atom stereocenters. The highest BCUT2D eigenvalue weighted by atomic mass is 16.5. The number of aromatic nitrogens is 1. The number of aliphatic hydroxyl groups is 1. The standard InChI is InChI=1S/C22H24N2O4/c1-14(2)23-13-20(25)15-7-9-16(10-8-15)21-12-19(24-28-21)17-5-4-6-18(11-17)22(26)27-3/h4-12,14,20,23,25H,13H2,1-3H3. The van der Waals surface area contributed by atoms with E-state index in [1.54, 1.807) is 18.2 Å². The molecule has 0 fully saturated rings. The van der Waals surface area contributed by atoms with Gasteiger partial charge in [-0.15, -0.1) is 0 Å². The molecule has 1 unspecified atom stereocenters. The number of rotatable bonds is 7. The summed E-state index contributed by atoms with van der Waals surface area (Å²) in [5.41, 5.74) is 3.55. The summed E-state index contributed by atoms with van der Waals surface area (Å²) >= 11 is 0. The van der Waals surface area contributed by atoms with Crippen molar-refractivity contribution in [1.29, 1.82) is 0 Å². The monoisotopic (exact) mass is 380 g/mol. The van der Waals surface area contributed by atoms with Crippen molar-refractivity contribution in [1.82, 2.24) is 10.5 Å². The average Bonchev–Trinajstić information content (AvgIpc) is 3.22. The third-order valence-corrected chi connectivity index (χ3v) is 4.39. The van der Waals surface area contributed by atoms with Gasteiger partial charge in [-0.2, -0.15) is 0 Å². The first kappa shape index (κ1) is 19.8. The Morgan fingerprint density at radius 2 is 1.89 bits per heavy atom. The summed E-state index contributed by atoms with van der Waals surface area (Å²) < 4.78 is 10.2. The number of carbonyl (C=O) groups is 1. The van der Waals surface area contributed by atoms with Crippen molar-refractivity contribution in [3.05, 3.63) is 65.7 Å². The van der Waals surface area contributed by atoms with Crippen molar-refractivity contribution >= 4 is 5.97 Å². The minimum Gasteiger partial charge on any atom is -0.465 e. The first-order valence-corrected chi connectivity index (χ1v) is 9.15. The molecule has 1 aromatic heterocycles. The lowest BCUT2D eigenvalue weighted by Gasteiger charge is -2.14. The van der Waals surface area contributed by atoms with Crippen LogP contribution in [0.15, 0.2) is 59.1 Å². The fourth-order valence-electron chi connectivity index (χ4n) is 2.81. The summed E-state index contributed by atoms with van der Waals surface area (Å²) in [4.78, 5) is 11.7. The van der Waals surface area contributed by atoms with Crippen molar-refractivity contribution in [3.8, 4) is 22.6 Å². The van der Waals surface area contributed by atoms with Gasteiger partial charge in [-0.1, -0.05) is 55.4 Å². The van der Waals surface area contributed by atoms with Gasteiger partial charge in [-0.05, 0) is 17.7 Å². The minimum atomic E-state index is -0.567. The molecule has 6 heteroatoms. The maximum absolute atomic E-state index is 11.7. The van der Waals surface area contributed by atoms with Gasteiger partial charge in [0.15, 0.2) is 5.76 Å². The number of nitrogens with one attached hydrogen (secondary N) is 1. The fraction of sp³-hybridized carbons (Fsp3) is 0.273. The molecule has 0 bridgehead atoms. The first-order valence-electron chi connectivity index (χ1n) is 9.15. The van der Waals surface area contributed by atoms with E-state index in [9.17, 15) is 9.90 Å². The van der Waals surface area contributed by atoms with Crippen LogP contribution in [0.25, 0.3) is 22.6 Å². The Bertz CT molecular complexity index is 932. The zero-order valence-corrected chi connectivity index (χ0v) is 16.2. The number of aliphatic hydroxyl groups excluding tert-OH is 1. The Balaban J connectivity index is 1.76. The molecule has 0 saturated heterocycles. The topological polar surface area (TPSA) is 84.6 Å². The molecular formula is C22H24N2O4. The highest BCUT2D eigenvalue weighted by Crippen LogP contribution is 2.27. The quantitative estimate of drug-likeness (QED) is 0.606. The van der Waals surface area contributed by atoms with Gasteiger partial charge in [0.2, 0.25) is 0 Å². The maximum atomic E-state index is 11.7. The first-order chi connectivity index (χ1) is 13.5. The molecule has 3 rings (SSSR count). The van der Waals surface area contributed by atoms with Gasteiger partial charge >= 0.3 is 5.97 Å². The molecule has 0 aliphatic heterocycles. The van der Waals surface area contributed by atoms with Gasteiger partial charge in [0.05, 0.1) is 18.8 Å². The SMILES string of the molecule is COC(=O)c1cccc(-c2cc(-c3ccc(C(O)CNC(C)C)cc3)on2)c1. The molecule has 0 spiro atoms. The Hall–Kier alpha value is -2.96. The zero-order chi connectivity index (χ0) is 20.1. The summed E-state index contributed by atoms with van der Waals surface area (Å²) in [6.45, 7) is 4.58. The summed E-state index contributed by atoms with van der Waals surface area (Å²) in [6, 6.07) is 16.7. The van der Waals surface area contributed by atoms with Crippen LogP contribution < -0.4 is 5.32 Å². The van der Waals surface area contributed by atoms with Crippen LogP contribution in [-0.4, -0.2) is 35.9 Å². The lowest BCUT2D eigenvalue weighted by atomic mass is 10.0. The number of benzene rings is 2. The highest BCUT2D eigenvalue weighted by molar-refractivity contribution is 5.90. The molecule has 28 heavy (non-hydrogen) atoms. The van der Waals surface area contributed by atoms with E-state index < -0.39 is 12.1 Å². The summed E-state index contributed by atoms with van der Waals surface area (Å²) in [5.74, 6) is 0.214. The van der Waals surface area contributed by atoms with Gasteiger partial charge in [0, 0.05) is 29.8 Å². The van der Waals surface area contributed by atoms with Crippen molar-refractivity contribution in [2.75, 3.05) is 13.7 Å². The van der Waals surface area contributed by atoms with Gasteiger partial charge in [0.1, 0.15) is 5.69 Å². The number of esters is 1. The van der Waals surface area contributed by atoms with Crippen LogP contribution in [0.1, 0.15) is 35.9 Å². The number of hydrogen-bond acceptors (Lipinski definition) is 6. The Kier molecular flexibility index (Phi) is 6.23. The van der Waals surface area contributed by atoms with Gasteiger partial charge in [0.25, 0.3) is 0 Å². The third-order valence-electron chi connectivity index (χ3n) is 4.39. The van der Waals surface area contributed by atoms with Crippen molar-refractivity contribution in [3.63, 3.8) is 0 Å². The van der Waals surface area contributed by atoms with Crippen LogP contribution in [0.2, 0.25) is 0 Å². The molecule has 0 amide bonds.